The van der Waals surface area contributed by atoms with Crippen LogP contribution in [-0.2, 0) is 10.3 Å². The number of ether oxygens (including phenoxy) is 1. The van der Waals surface area contributed by atoms with E-state index in [4.69, 9.17) is 4.74 Å². The molecule has 0 saturated carbocycles. The Kier molecular flexibility index (Phi) is 3.82. The van der Waals surface area contributed by atoms with Crippen LogP contribution in [0.4, 0.5) is 0 Å². The van der Waals surface area contributed by atoms with Crippen LogP contribution < -0.4 is 4.90 Å². The van der Waals surface area contributed by atoms with Crippen LogP contribution in [0.25, 0.3) is 0 Å². The minimum atomic E-state index is -0.863. The fraction of sp³-hybridized carbons (Fsp3) is 0.500. The Balaban J connectivity index is 2.26. The quantitative estimate of drug-likeness (QED) is 0.742. The van der Waals surface area contributed by atoms with Crippen LogP contribution in [-0.4, -0.2) is 30.9 Å². The van der Waals surface area contributed by atoms with E-state index in [-0.39, 0.29) is 6.10 Å². The predicted octanol–water partition coefficient (Wildman–Crippen LogP) is 0.359. The van der Waals surface area contributed by atoms with Crippen molar-refractivity contribution in [2.75, 3.05) is 19.7 Å². The van der Waals surface area contributed by atoms with Gasteiger partial charge < -0.3 is 14.7 Å². The molecule has 1 aromatic rings. The molecule has 1 fully saturated rings. The van der Waals surface area contributed by atoms with E-state index in [1.54, 1.807) is 0 Å². The molecule has 2 rings (SSSR count). The number of aliphatic hydroxyl groups is 1. The van der Waals surface area contributed by atoms with Gasteiger partial charge in [0.1, 0.15) is 11.7 Å². The first-order valence-corrected chi connectivity index (χ1v) is 6.23. The van der Waals surface area contributed by atoms with E-state index in [2.05, 4.69) is 7.05 Å². The number of hydrogen-bond acceptors (Lipinski definition) is 2. The Morgan fingerprint density at radius 1 is 1.47 bits per heavy atom. The van der Waals surface area contributed by atoms with Crippen LogP contribution in [0.15, 0.2) is 30.3 Å². The molecule has 0 aliphatic carbocycles. The zero-order chi connectivity index (χ0) is 12.3. The molecule has 0 bridgehead atoms. The Bertz CT molecular complexity index is 354. The molecule has 3 nitrogen and oxygen atoms in total. The van der Waals surface area contributed by atoms with E-state index in [0.29, 0.717) is 13.0 Å². The summed E-state index contributed by atoms with van der Waals surface area (Å²) in [6.07, 6.45) is 0.525. The summed E-state index contributed by atoms with van der Waals surface area (Å²) in [5, 5.41) is 10.9. The van der Waals surface area contributed by atoms with Crippen LogP contribution in [0.1, 0.15) is 18.9 Å². The van der Waals surface area contributed by atoms with Crippen LogP contribution >= 0.6 is 0 Å². The van der Waals surface area contributed by atoms with E-state index in [1.807, 2.05) is 37.3 Å². The SMILES string of the molecule is [CH2-][NH+]1CC[C@](O)(c2ccccc2)[C@@H](OCC)C1. The van der Waals surface area contributed by atoms with Crippen molar-refractivity contribution in [3.8, 4) is 0 Å². The Labute approximate surface area is 103 Å². The van der Waals surface area contributed by atoms with Gasteiger partial charge in [-0.15, -0.1) is 0 Å². The van der Waals surface area contributed by atoms with Gasteiger partial charge in [-0.05, 0) is 12.5 Å². The van der Waals surface area contributed by atoms with Crippen LogP contribution in [0.2, 0.25) is 0 Å². The summed E-state index contributed by atoms with van der Waals surface area (Å²) in [6, 6.07) is 9.82. The van der Waals surface area contributed by atoms with Crippen molar-refractivity contribution in [2.45, 2.75) is 25.0 Å². The fourth-order valence-corrected chi connectivity index (χ4v) is 2.52. The molecule has 3 heteroatoms. The maximum absolute atomic E-state index is 10.9. The van der Waals surface area contributed by atoms with E-state index < -0.39 is 5.60 Å². The van der Waals surface area contributed by atoms with Gasteiger partial charge in [-0.2, -0.15) is 7.05 Å². The fourth-order valence-electron chi connectivity index (χ4n) is 2.52. The minimum absolute atomic E-state index is 0.170. The monoisotopic (exact) mass is 235 g/mol. The zero-order valence-corrected chi connectivity index (χ0v) is 10.4. The predicted molar refractivity (Wildman–Crippen MR) is 66.4 cm³/mol. The van der Waals surface area contributed by atoms with Crippen LogP contribution in [0.3, 0.4) is 0 Å². The molecule has 0 radical (unpaired) electrons. The standard InChI is InChI=1S/C14H21NO2/c1-3-17-13-11-15(2)10-9-14(13,16)12-7-5-4-6-8-12/h4-8,13,15-16H,2-3,9-11H2,1H3/t13-,14-/m0/s1. The molecule has 0 amide bonds. The molecule has 1 aliphatic rings. The molecule has 1 unspecified atom stereocenters. The van der Waals surface area contributed by atoms with Crippen molar-refractivity contribution in [3.05, 3.63) is 42.9 Å². The maximum atomic E-state index is 10.9. The topological polar surface area (TPSA) is 33.9 Å². The van der Waals surface area contributed by atoms with Gasteiger partial charge in [-0.3, -0.25) is 0 Å². The van der Waals surface area contributed by atoms with Gasteiger partial charge in [0.2, 0.25) is 0 Å². The first-order valence-electron chi connectivity index (χ1n) is 6.23. The van der Waals surface area contributed by atoms with E-state index in [1.165, 1.54) is 4.90 Å². The molecule has 0 aromatic heterocycles. The lowest BCUT2D eigenvalue weighted by molar-refractivity contribution is -0.867. The van der Waals surface area contributed by atoms with Gasteiger partial charge in [0.15, 0.2) is 0 Å². The minimum Gasteiger partial charge on any atom is -0.465 e. The van der Waals surface area contributed by atoms with Crippen molar-refractivity contribution in [3.63, 3.8) is 0 Å². The highest BCUT2D eigenvalue weighted by Crippen LogP contribution is 2.31. The summed E-state index contributed by atoms with van der Waals surface area (Å²) in [4.78, 5) is 1.17. The molecule has 17 heavy (non-hydrogen) atoms. The van der Waals surface area contributed by atoms with Crippen molar-refractivity contribution >= 4 is 0 Å². The normalized spacial score (nSPS) is 33.6. The number of nitrogens with one attached hydrogen (secondary N) is 1. The number of quaternary nitrogens is 1. The average molecular weight is 235 g/mol. The number of likely N-dealkylation sites (tertiary alicyclic amines) is 1. The molecule has 1 aromatic carbocycles. The summed E-state index contributed by atoms with van der Waals surface area (Å²) in [6.45, 7) is 4.20. The molecule has 94 valence electrons. The average Bonchev–Trinajstić information content (AvgIpc) is 2.35. The van der Waals surface area contributed by atoms with Crippen molar-refractivity contribution in [1.29, 1.82) is 0 Å². The van der Waals surface area contributed by atoms with Gasteiger partial charge >= 0.3 is 0 Å². The van der Waals surface area contributed by atoms with Crippen LogP contribution in [0, 0.1) is 7.05 Å². The second-order valence-corrected chi connectivity index (χ2v) is 4.69. The Hall–Kier alpha value is -0.900. The highest BCUT2D eigenvalue weighted by molar-refractivity contribution is 5.24. The van der Waals surface area contributed by atoms with Crippen LogP contribution in [0.5, 0.6) is 0 Å². The smallest absolute Gasteiger partial charge is 0.137 e. The van der Waals surface area contributed by atoms with Gasteiger partial charge in [0.05, 0.1) is 13.1 Å². The summed E-state index contributed by atoms with van der Waals surface area (Å²) in [5.41, 5.74) is 0.0873. The van der Waals surface area contributed by atoms with Gasteiger partial charge in [-0.25, -0.2) is 0 Å². The zero-order valence-electron chi connectivity index (χ0n) is 10.4. The first-order chi connectivity index (χ1) is 8.16. The third-order valence-corrected chi connectivity index (χ3v) is 3.51. The molecule has 1 aliphatic heterocycles. The molecule has 2 N–H and O–H groups in total. The lowest BCUT2D eigenvalue weighted by atomic mass is 9.82. The summed E-state index contributed by atoms with van der Waals surface area (Å²) in [7, 11) is 4.01. The molecule has 3 atom stereocenters. The highest BCUT2D eigenvalue weighted by atomic mass is 16.5. The first kappa shape index (κ1) is 12.6. The Morgan fingerprint density at radius 3 is 2.82 bits per heavy atom. The third kappa shape index (κ3) is 2.51. The van der Waals surface area contributed by atoms with Gasteiger partial charge in [0.25, 0.3) is 0 Å². The number of piperidine rings is 1. The molecule has 0 spiro atoms. The lowest BCUT2D eigenvalue weighted by Crippen LogP contribution is -3.10. The maximum Gasteiger partial charge on any atom is 0.137 e. The number of rotatable bonds is 3. The van der Waals surface area contributed by atoms with Gasteiger partial charge in [0, 0.05) is 13.0 Å². The number of benzene rings is 1. The highest BCUT2D eigenvalue weighted by Gasteiger charge is 2.43. The van der Waals surface area contributed by atoms with Crippen molar-refractivity contribution in [2.24, 2.45) is 0 Å². The van der Waals surface area contributed by atoms with Crippen molar-refractivity contribution in [1.82, 2.24) is 0 Å². The molecule has 1 heterocycles. The summed E-state index contributed by atoms with van der Waals surface area (Å²) in [5.74, 6) is 0. The molecular formula is C14H21NO2. The largest absolute Gasteiger partial charge is 0.465 e. The Morgan fingerprint density at radius 2 is 2.18 bits per heavy atom. The lowest BCUT2D eigenvalue weighted by Gasteiger charge is -2.43. The van der Waals surface area contributed by atoms with Gasteiger partial charge in [-0.1, -0.05) is 30.3 Å². The molecular weight excluding hydrogens is 214 g/mol. The molecule has 1 saturated heterocycles. The summed E-state index contributed by atoms with van der Waals surface area (Å²) < 4.78 is 5.71. The summed E-state index contributed by atoms with van der Waals surface area (Å²) >= 11 is 0. The number of hydrogen-bond donors (Lipinski definition) is 2. The van der Waals surface area contributed by atoms with E-state index in [9.17, 15) is 5.11 Å². The second-order valence-electron chi connectivity index (χ2n) is 4.69. The third-order valence-electron chi connectivity index (χ3n) is 3.51. The second kappa shape index (κ2) is 5.17. The van der Waals surface area contributed by atoms with E-state index in [0.717, 1.165) is 18.7 Å². The van der Waals surface area contributed by atoms with Crippen molar-refractivity contribution < 1.29 is 14.7 Å². The van der Waals surface area contributed by atoms with E-state index >= 15 is 0 Å².